The molecule has 7 heteroatoms. The normalized spacial score (nSPS) is 17.1. The third-order valence-corrected chi connectivity index (χ3v) is 6.63. The average Bonchev–Trinajstić information content (AvgIpc) is 3.22. The molecule has 3 aromatic rings. The molecule has 1 aliphatic carbocycles. The van der Waals surface area contributed by atoms with Gasteiger partial charge in [-0.2, -0.15) is 0 Å². The minimum atomic E-state index is -0.281. The first-order valence-electron chi connectivity index (χ1n) is 12.1. The SMILES string of the molecule is CC1C=CC(Nc2c(-c3ccc(F)cc3)nc3n2CCN(C(=O)CCc2ccc(N)cc2)C3)=CC1. The van der Waals surface area contributed by atoms with Gasteiger partial charge in [0.2, 0.25) is 5.91 Å². The van der Waals surface area contributed by atoms with Crippen LogP contribution in [0.1, 0.15) is 31.2 Å². The van der Waals surface area contributed by atoms with Crippen LogP contribution in [0.25, 0.3) is 11.3 Å². The number of amides is 1. The minimum Gasteiger partial charge on any atom is -0.399 e. The number of imidazole rings is 1. The van der Waals surface area contributed by atoms with Crippen LogP contribution in [0.5, 0.6) is 0 Å². The van der Waals surface area contributed by atoms with Crippen molar-refractivity contribution in [3.8, 4) is 11.3 Å². The fraction of sp³-hybridized carbons (Fsp3) is 0.286. The summed E-state index contributed by atoms with van der Waals surface area (Å²) in [4.78, 5) is 19.8. The van der Waals surface area contributed by atoms with E-state index in [1.165, 1.54) is 12.1 Å². The predicted molar refractivity (Wildman–Crippen MR) is 137 cm³/mol. The molecule has 2 aliphatic rings. The number of benzene rings is 2. The second kappa shape index (κ2) is 9.78. The Kier molecular flexibility index (Phi) is 6.40. The van der Waals surface area contributed by atoms with E-state index in [0.29, 0.717) is 38.4 Å². The third-order valence-electron chi connectivity index (χ3n) is 6.63. The first-order valence-corrected chi connectivity index (χ1v) is 12.1. The van der Waals surface area contributed by atoms with Gasteiger partial charge in [0.1, 0.15) is 23.2 Å². The molecule has 0 saturated heterocycles. The number of allylic oxidation sites excluding steroid dienone is 3. The van der Waals surface area contributed by atoms with Crippen LogP contribution < -0.4 is 11.1 Å². The summed E-state index contributed by atoms with van der Waals surface area (Å²) < 4.78 is 15.7. The van der Waals surface area contributed by atoms with Gasteiger partial charge >= 0.3 is 0 Å². The van der Waals surface area contributed by atoms with E-state index in [-0.39, 0.29) is 11.7 Å². The number of hydrogen-bond donors (Lipinski definition) is 2. The lowest BCUT2D eigenvalue weighted by atomic mass is 10.0. The largest absolute Gasteiger partial charge is 0.399 e. The van der Waals surface area contributed by atoms with Gasteiger partial charge in [-0.15, -0.1) is 0 Å². The number of fused-ring (bicyclic) bond motifs is 1. The number of nitrogens with two attached hydrogens (primary N) is 1. The number of anilines is 2. The van der Waals surface area contributed by atoms with Crippen LogP contribution in [-0.4, -0.2) is 26.9 Å². The summed E-state index contributed by atoms with van der Waals surface area (Å²) in [6, 6.07) is 14.1. The van der Waals surface area contributed by atoms with Gasteiger partial charge in [-0.1, -0.05) is 31.2 Å². The molecule has 6 nitrogen and oxygen atoms in total. The highest BCUT2D eigenvalue weighted by atomic mass is 19.1. The van der Waals surface area contributed by atoms with Gasteiger partial charge in [0, 0.05) is 36.5 Å². The van der Waals surface area contributed by atoms with Crippen molar-refractivity contribution in [3.63, 3.8) is 0 Å². The molecule has 180 valence electrons. The zero-order valence-electron chi connectivity index (χ0n) is 19.9. The van der Waals surface area contributed by atoms with E-state index in [0.717, 1.165) is 46.3 Å². The molecule has 35 heavy (non-hydrogen) atoms. The lowest BCUT2D eigenvalue weighted by molar-refractivity contribution is -0.132. The minimum absolute atomic E-state index is 0.112. The van der Waals surface area contributed by atoms with Gasteiger partial charge < -0.3 is 20.5 Å². The molecule has 1 atom stereocenters. The Balaban J connectivity index is 1.37. The Morgan fingerprint density at radius 1 is 1.14 bits per heavy atom. The molecule has 1 unspecified atom stereocenters. The van der Waals surface area contributed by atoms with Crippen molar-refractivity contribution in [3.05, 3.63) is 89.7 Å². The summed E-state index contributed by atoms with van der Waals surface area (Å²) in [5.41, 5.74) is 10.2. The molecule has 3 N–H and O–H groups in total. The van der Waals surface area contributed by atoms with Gasteiger partial charge in [0.25, 0.3) is 0 Å². The molecule has 2 heterocycles. The molecule has 0 radical (unpaired) electrons. The maximum absolute atomic E-state index is 13.6. The average molecular weight is 472 g/mol. The van der Waals surface area contributed by atoms with Gasteiger partial charge in [0.05, 0.1) is 6.54 Å². The summed E-state index contributed by atoms with van der Waals surface area (Å²) in [6.45, 7) is 3.90. The summed E-state index contributed by atoms with van der Waals surface area (Å²) in [5, 5.41) is 3.55. The molecule has 0 spiro atoms. The molecule has 1 amide bonds. The molecule has 1 aliphatic heterocycles. The molecule has 0 fully saturated rings. The van der Waals surface area contributed by atoms with Crippen LogP contribution in [0.4, 0.5) is 15.9 Å². The van der Waals surface area contributed by atoms with E-state index >= 15 is 0 Å². The number of nitrogens with zero attached hydrogens (tertiary/aromatic N) is 3. The molecule has 0 saturated carbocycles. The van der Waals surface area contributed by atoms with E-state index < -0.39 is 0 Å². The molecular formula is C28H30FN5O. The second-order valence-corrected chi connectivity index (χ2v) is 9.30. The fourth-order valence-electron chi connectivity index (χ4n) is 4.53. The molecule has 0 bridgehead atoms. The number of rotatable bonds is 6. The Morgan fingerprint density at radius 3 is 2.63 bits per heavy atom. The zero-order valence-corrected chi connectivity index (χ0v) is 19.9. The number of halogens is 1. The summed E-state index contributed by atoms with van der Waals surface area (Å²) in [7, 11) is 0. The van der Waals surface area contributed by atoms with Crippen molar-refractivity contribution >= 4 is 17.4 Å². The maximum atomic E-state index is 13.6. The number of nitrogens with one attached hydrogen (secondary N) is 1. The second-order valence-electron chi connectivity index (χ2n) is 9.30. The van der Waals surface area contributed by atoms with E-state index in [4.69, 9.17) is 10.7 Å². The molecular weight excluding hydrogens is 441 g/mol. The quantitative estimate of drug-likeness (QED) is 0.488. The predicted octanol–water partition coefficient (Wildman–Crippen LogP) is 5.14. The van der Waals surface area contributed by atoms with Gasteiger partial charge in [-0.3, -0.25) is 4.79 Å². The maximum Gasteiger partial charge on any atom is 0.223 e. The first-order chi connectivity index (χ1) is 17.0. The van der Waals surface area contributed by atoms with Crippen LogP contribution in [0.2, 0.25) is 0 Å². The number of aromatic nitrogens is 2. The number of aryl methyl sites for hydroxylation is 1. The first kappa shape index (κ1) is 22.9. The summed E-state index contributed by atoms with van der Waals surface area (Å²) >= 11 is 0. The van der Waals surface area contributed by atoms with Crippen LogP contribution in [0, 0.1) is 11.7 Å². The molecule has 2 aromatic carbocycles. The monoisotopic (exact) mass is 471 g/mol. The van der Waals surface area contributed by atoms with Crippen LogP contribution in [-0.2, 0) is 24.3 Å². The van der Waals surface area contributed by atoms with Crippen molar-refractivity contribution in [2.75, 3.05) is 17.6 Å². The number of nitrogen functional groups attached to an aromatic ring is 1. The highest BCUT2D eigenvalue weighted by Gasteiger charge is 2.27. The van der Waals surface area contributed by atoms with Crippen LogP contribution in [0.15, 0.2) is 72.5 Å². The Labute approximate surface area is 205 Å². The molecule has 1 aromatic heterocycles. The van der Waals surface area contributed by atoms with Crippen molar-refractivity contribution in [1.82, 2.24) is 14.5 Å². The van der Waals surface area contributed by atoms with E-state index in [9.17, 15) is 9.18 Å². The van der Waals surface area contributed by atoms with E-state index in [1.54, 1.807) is 12.1 Å². The van der Waals surface area contributed by atoms with Crippen LogP contribution >= 0.6 is 0 Å². The standard InChI is InChI=1S/C28H30FN5O/c1-19-2-13-24(14-3-19)31-28-27(21-7-9-22(29)10-8-21)32-25-18-33(16-17-34(25)28)26(35)15-6-20-4-11-23(30)12-5-20/h2,4-5,7-14,19,31H,3,6,15-18,30H2,1H3. The summed E-state index contributed by atoms with van der Waals surface area (Å²) in [5.74, 6) is 2.06. The van der Waals surface area contributed by atoms with Crippen molar-refractivity contribution in [2.45, 2.75) is 39.3 Å². The van der Waals surface area contributed by atoms with Crippen molar-refractivity contribution in [1.29, 1.82) is 0 Å². The van der Waals surface area contributed by atoms with Crippen molar-refractivity contribution < 1.29 is 9.18 Å². The number of hydrogen-bond acceptors (Lipinski definition) is 4. The fourth-order valence-corrected chi connectivity index (χ4v) is 4.53. The Bertz CT molecular complexity index is 1270. The van der Waals surface area contributed by atoms with Gasteiger partial charge in [-0.25, -0.2) is 9.37 Å². The molecule has 5 rings (SSSR count). The van der Waals surface area contributed by atoms with Crippen LogP contribution in [0.3, 0.4) is 0 Å². The topological polar surface area (TPSA) is 76.2 Å². The lowest BCUT2D eigenvalue weighted by Crippen LogP contribution is -2.38. The van der Waals surface area contributed by atoms with E-state index in [1.807, 2.05) is 29.2 Å². The highest BCUT2D eigenvalue weighted by molar-refractivity contribution is 5.78. The third kappa shape index (κ3) is 5.14. The smallest absolute Gasteiger partial charge is 0.223 e. The Hall–Kier alpha value is -3.87. The van der Waals surface area contributed by atoms with E-state index in [2.05, 4.69) is 35.0 Å². The van der Waals surface area contributed by atoms with Crippen molar-refractivity contribution in [2.24, 2.45) is 5.92 Å². The zero-order chi connectivity index (χ0) is 24.4. The van der Waals surface area contributed by atoms with Gasteiger partial charge in [0.15, 0.2) is 0 Å². The highest BCUT2D eigenvalue weighted by Crippen LogP contribution is 2.33. The summed E-state index contributed by atoms with van der Waals surface area (Å²) in [6.07, 6.45) is 8.57. The number of carbonyl (C=O) groups is 1. The van der Waals surface area contributed by atoms with Gasteiger partial charge in [-0.05, 0) is 66.8 Å². The Morgan fingerprint density at radius 2 is 1.91 bits per heavy atom. The number of carbonyl (C=O) groups excluding carboxylic acids is 1. The lowest BCUT2D eigenvalue weighted by Gasteiger charge is -2.29.